The minimum atomic E-state index is -0.0722. The van der Waals surface area contributed by atoms with Gasteiger partial charge in [0.25, 0.3) is 0 Å². The van der Waals surface area contributed by atoms with E-state index in [0.29, 0.717) is 0 Å². The van der Waals surface area contributed by atoms with Crippen LogP contribution in [0.15, 0.2) is 12.2 Å². The van der Waals surface area contributed by atoms with Crippen LogP contribution >= 0.6 is 0 Å². The maximum Gasteiger partial charge on any atom is 0.309 e. The van der Waals surface area contributed by atoms with Crippen LogP contribution in [0.25, 0.3) is 0 Å². The molecule has 19 heavy (non-hydrogen) atoms. The summed E-state index contributed by atoms with van der Waals surface area (Å²) in [5, 5.41) is 8.83. The van der Waals surface area contributed by atoms with Gasteiger partial charge in [0, 0.05) is 6.61 Å². The Labute approximate surface area is 114 Å². The van der Waals surface area contributed by atoms with E-state index in [1.54, 1.807) is 0 Å². The van der Waals surface area contributed by atoms with E-state index in [1.165, 1.54) is 0 Å². The van der Waals surface area contributed by atoms with E-state index in [2.05, 4.69) is 6.58 Å². The summed E-state index contributed by atoms with van der Waals surface area (Å²) in [7, 11) is 0. The van der Waals surface area contributed by atoms with Gasteiger partial charge in [-0.3, -0.25) is 4.79 Å². The molecule has 108 valence electrons. The van der Waals surface area contributed by atoms with Crippen molar-refractivity contribution in [3.63, 3.8) is 0 Å². The van der Waals surface area contributed by atoms with E-state index < -0.39 is 0 Å². The highest BCUT2D eigenvalue weighted by atomic mass is 16.6. The first-order valence-corrected chi connectivity index (χ1v) is 7.24. The number of esters is 1. The number of aliphatic hydroxyl groups is 1. The summed E-state index contributed by atoms with van der Waals surface area (Å²) in [6.45, 7) is 6.20. The van der Waals surface area contributed by atoms with E-state index in [9.17, 15) is 4.79 Å². The summed E-state index contributed by atoms with van der Waals surface area (Å²) in [5.41, 5.74) is 1.14. The van der Waals surface area contributed by atoms with Gasteiger partial charge < -0.3 is 14.6 Å². The van der Waals surface area contributed by atoms with Crippen LogP contribution in [-0.4, -0.2) is 36.0 Å². The molecule has 0 amide bonds. The maximum atomic E-state index is 11.3. The molecule has 4 atom stereocenters. The molecule has 0 spiro atoms. The lowest BCUT2D eigenvalue weighted by Crippen LogP contribution is -2.15. The third-order valence-electron chi connectivity index (χ3n) is 4.04. The van der Waals surface area contributed by atoms with Crippen LogP contribution in [0.2, 0.25) is 0 Å². The normalized spacial score (nSPS) is 34.8. The molecule has 4 heteroatoms. The summed E-state index contributed by atoms with van der Waals surface area (Å²) in [5.74, 6) is -0.0352. The van der Waals surface area contributed by atoms with Crippen molar-refractivity contribution in [3.05, 3.63) is 12.2 Å². The quantitative estimate of drug-likeness (QED) is 0.592. The fraction of sp³-hybridized carbons (Fsp3) is 0.800. The largest absolute Gasteiger partial charge is 0.462 e. The summed E-state index contributed by atoms with van der Waals surface area (Å²) >= 11 is 0. The van der Waals surface area contributed by atoms with Gasteiger partial charge in [-0.25, -0.2) is 0 Å². The molecule has 0 saturated carbocycles. The van der Waals surface area contributed by atoms with E-state index >= 15 is 0 Å². The molecule has 2 saturated heterocycles. The molecule has 2 heterocycles. The van der Waals surface area contributed by atoms with Gasteiger partial charge in [-0.05, 0) is 44.1 Å². The number of hydrogen-bond acceptors (Lipinski definition) is 4. The molecule has 2 rings (SSSR count). The smallest absolute Gasteiger partial charge is 0.309 e. The third-order valence-corrected chi connectivity index (χ3v) is 4.04. The van der Waals surface area contributed by atoms with Crippen LogP contribution in [0.1, 0.15) is 45.4 Å². The SMILES string of the molecule is C=C1CC(CCCO)OC1CCC1C[C@@H](C)C(=O)O1. The Balaban J connectivity index is 1.71. The Bertz CT molecular complexity index is 339. The fourth-order valence-corrected chi connectivity index (χ4v) is 2.89. The number of carbonyl (C=O) groups excluding carboxylic acids is 1. The van der Waals surface area contributed by atoms with Crippen LogP contribution in [0.5, 0.6) is 0 Å². The predicted octanol–water partition coefficient (Wildman–Crippen LogP) is 2.20. The van der Waals surface area contributed by atoms with Crippen LogP contribution in [-0.2, 0) is 14.3 Å². The Morgan fingerprint density at radius 1 is 1.32 bits per heavy atom. The lowest BCUT2D eigenvalue weighted by atomic mass is 9.99. The van der Waals surface area contributed by atoms with Crippen LogP contribution < -0.4 is 0 Å². The molecule has 0 aromatic rings. The molecule has 3 unspecified atom stereocenters. The molecular formula is C15H24O4. The predicted molar refractivity (Wildman–Crippen MR) is 71.6 cm³/mol. The molecule has 0 bridgehead atoms. The summed E-state index contributed by atoms with van der Waals surface area (Å²) < 4.78 is 11.2. The highest BCUT2D eigenvalue weighted by Gasteiger charge is 2.33. The van der Waals surface area contributed by atoms with Crippen molar-refractivity contribution in [2.75, 3.05) is 6.61 Å². The first kappa shape index (κ1) is 14.5. The van der Waals surface area contributed by atoms with Gasteiger partial charge in [-0.2, -0.15) is 0 Å². The standard InChI is InChI=1S/C15H24O4/c1-10-8-12(4-3-7-16)18-14(10)6-5-13-9-11(2)15(17)19-13/h11-14,16H,1,3-9H2,2H3/t11-,12?,13?,14?/m1/s1. The fourth-order valence-electron chi connectivity index (χ4n) is 2.89. The number of ether oxygens (including phenoxy) is 2. The molecule has 1 N–H and O–H groups in total. The van der Waals surface area contributed by atoms with Gasteiger partial charge in [-0.15, -0.1) is 0 Å². The molecule has 0 aliphatic carbocycles. The highest BCUT2D eigenvalue weighted by molar-refractivity contribution is 5.74. The van der Waals surface area contributed by atoms with Crippen molar-refractivity contribution in [1.29, 1.82) is 0 Å². The number of hydrogen-bond donors (Lipinski definition) is 1. The van der Waals surface area contributed by atoms with Crippen molar-refractivity contribution in [3.8, 4) is 0 Å². The van der Waals surface area contributed by atoms with Gasteiger partial charge in [0.15, 0.2) is 0 Å². The highest BCUT2D eigenvalue weighted by Crippen LogP contribution is 2.32. The molecule has 0 aromatic heterocycles. The zero-order valence-corrected chi connectivity index (χ0v) is 11.6. The molecule has 0 radical (unpaired) electrons. The summed E-state index contributed by atoms with van der Waals surface area (Å²) in [4.78, 5) is 11.3. The Morgan fingerprint density at radius 3 is 2.74 bits per heavy atom. The molecule has 0 aromatic carbocycles. The van der Waals surface area contributed by atoms with Crippen molar-refractivity contribution in [1.82, 2.24) is 0 Å². The van der Waals surface area contributed by atoms with Gasteiger partial charge in [0.2, 0.25) is 0 Å². The molecule has 2 aliphatic rings. The number of rotatable bonds is 6. The zero-order chi connectivity index (χ0) is 13.8. The summed E-state index contributed by atoms with van der Waals surface area (Å²) in [6.07, 6.45) is 5.47. The Kier molecular flexibility index (Phi) is 4.99. The second kappa shape index (κ2) is 6.53. The number of cyclic esters (lactones) is 1. The number of carbonyl (C=O) groups is 1. The molecule has 2 aliphatic heterocycles. The van der Waals surface area contributed by atoms with Gasteiger partial charge in [0.05, 0.1) is 18.1 Å². The first-order chi connectivity index (χ1) is 9.10. The third kappa shape index (κ3) is 3.80. The average molecular weight is 268 g/mol. The van der Waals surface area contributed by atoms with E-state index in [-0.39, 0.29) is 36.8 Å². The Hall–Kier alpha value is -0.870. The molecule has 4 nitrogen and oxygen atoms in total. The van der Waals surface area contributed by atoms with Gasteiger partial charge in [0.1, 0.15) is 6.10 Å². The minimum absolute atomic E-state index is 0.0370. The first-order valence-electron chi connectivity index (χ1n) is 7.24. The lowest BCUT2D eigenvalue weighted by molar-refractivity contribution is -0.144. The summed E-state index contributed by atoms with van der Waals surface area (Å²) in [6, 6.07) is 0. The molecule has 2 fully saturated rings. The van der Waals surface area contributed by atoms with Crippen molar-refractivity contribution in [2.24, 2.45) is 5.92 Å². The average Bonchev–Trinajstić information content (AvgIpc) is 2.88. The topological polar surface area (TPSA) is 55.8 Å². The van der Waals surface area contributed by atoms with E-state index in [0.717, 1.165) is 44.1 Å². The zero-order valence-electron chi connectivity index (χ0n) is 11.6. The van der Waals surface area contributed by atoms with Crippen molar-refractivity contribution >= 4 is 5.97 Å². The maximum absolute atomic E-state index is 11.3. The van der Waals surface area contributed by atoms with Crippen LogP contribution in [0, 0.1) is 5.92 Å². The molecular weight excluding hydrogens is 244 g/mol. The second-order valence-electron chi connectivity index (χ2n) is 5.75. The second-order valence-corrected chi connectivity index (χ2v) is 5.75. The van der Waals surface area contributed by atoms with E-state index in [1.807, 2.05) is 6.92 Å². The van der Waals surface area contributed by atoms with Crippen LogP contribution in [0.4, 0.5) is 0 Å². The minimum Gasteiger partial charge on any atom is -0.462 e. The monoisotopic (exact) mass is 268 g/mol. The van der Waals surface area contributed by atoms with E-state index in [4.69, 9.17) is 14.6 Å². The Morgan fingerprint density at radius 2 is 2.11 bits per heavy atom. The van der Waals surface area contributed by atoms with Gasteiger partial charge >= 0.3 is 5.97 Å². The van der Waals surface area contributed by atoms with Crippen LogP contribution in [0.3, 0.4) is 0 Å². The van der Waals surface area contributed by atoms with Crippen molar-refractivity contribution < 1.29 is 19.4 Å². The number of aliphatic hydroxyl groups excluding tert-OH is 1. The van der Waals surface area contributed by atoms with Gasteiger partial charge in [-0.1, -0.05) is 13.5 Å². The van der Waals surface area contributed by atoms with Crippen molar-refractivity contribution in [2.45, 2.75) is 63.8 Å². The lowest BCUT2D eigenvalue weighted by Gasteiger charge is -2.15.